The Labute approximate surface area is 204 Å². The average molecular weight is 510 g/mol. The lowest BCUT2D eigenvalue weighted by atomic mass is 9.77. The van der Waals surface area contributed by atoms with E-state index in [9.17, 15) is 0 Å². The molecule has 1 aromatic carbocycles. The minimum atomic E-state index is 0.523. The van der Waals surface area contributed by atoms with Gasteiger partial charge in [0.15, 0.2) is 0 Å². The van der Waals surface area contributed by atoms with Gasteiger partial charge in [-0.3, -0.25) is 0 Å². The average Bonchev–Trinajstić information content (AvgIpc) is 3.27. The van der Waals surface area contributed by atoms with E-state index in [1.54, 1.807) is 7.05 Å². The van der Waals surface area contributed by atoms with Gasteiger partial charge in [0.1, 0.15) is 5.82 Å². The van der Waals surface area contributed by atoms with E-state index in [2.05, 4.69) is 76.9 Å². The normalized spacial score (nSPS) is 23.5. The summed E-state index contributed by atoms with van der Waals surface area (Å²) in [7, 11) is 1.79. The molecule has 2 aromatic heterocycles. The van der Waals surface area contributed by atoms with E-state index in [0.29, 0.717) is 11.9 Å². The van der Waals surface area contributed by atoms with Crippen molar-refractivity contribution in [1.29, 1.82) is 0 Å². The van der Waals surface area contributed by atoms with E-state index in [4.69, 9.17) is 0 Å². The molecule has 5 rings (SSSR count). The standard InChI is InChI=1S/C25H32BrN7/c1-32-30-25(29-31-32)19-8-10-22(11-9-19)33-14-4-5-18(17-33)15-20-6-2-3-7-23(20)28-24-16-21(26)12-13-27-24/h8-13,16,18,20,23H,2-7,14-15,17H2,1H3,(H,27,28)/t18-,20+,23-/m1/s1. The molecule has 3 atom stereocenters. The van der Waals surface area contributed by atoms with Crippen molar-refractivity contribution in [3.63, 3.8) is 0 Å². The topological polar surface area (TPSA) is 71.8 Å². The highest BCUT2D eigenvalue weighted by molar-refractivity contribution is 9.10. The molecule has 3 aromatic rings. The van der Waals surface area contributed by atoms with Crippen molar-refractivity contribution in [3.8, 4) is 11.4 Å². The van der Waals surface area contributed by atoms with Crippen molar-refractivity contribution in [2.24, 2.45) is 18.9 Å². The molecule has 1 saturated heterocycles. The summed E-state index contributed by atoms with van der Waals surface area (Å²) in [5.41, 5.74) is 2.31. The first-order valence-corrected chi connectivity index (χ1v) is 12.9. The van der Waals surface area contributed by atoms with Crippen molar-refractivity contribution >= 4 is 27.4 Å². The van der Waals surface area contributed by atoms with Gasteiger partial charge in [0.05, 0.1) is 7.05 Å². The second-order valence-electron chi connectivity index (χ2n) is 9.49. The first kappa shape index (κ1) is 22.3. The fourth-order valence-electron chi connectivity index (χ4n) is 5.49. The van der Waals surface area contributed by atoms with Gasteiger partial charge in [-0.05, 0) is 85.6 Å². The number of nitrogens with one attached hydrogen (secondary N) is 1. The van der Waals surface area contributed by atoms with Gasteiger partial charge in [-0.1, -0.05) is 28.8 Å². The predicted molar refractivity (Wildman–Crippen MR) is 135 cm³/mol. The molecule has 2 fully saturated rings. The number of anilines is 2. The molecule has 1 saturated carbocycles. The highest BCUT2D eigenvalue weighted by Gasteiger charge is 2.30. The Bertz CT molecular complexity index is 1050. The summed E-state index contributed by atoms with van der Waals surface area (Å²) in [6, 6.07) is 13.2. The van der Waals surface area contributed by atoms with Gasteiger partial charge in [-0.25, -0.2) is 4.98 Å². The first-order chi connectivity index (χ1) is 16.1. The quantitative estimate of drug-likeness (QED) is 0.485. The van der Waals surface area contributed by atoms with Gasteiger partial charge >= 0.3 is 0 Å². The maximum Gasteiger partial charge on any atom is 0.204 e. The van der Waals surface area contributed by atoms with E-state index in [-0.39, 0.29) is 0 Å². The molecular weight excluding hydrogens is 478 g/mol. The van der Waals surface area contributed by atoms with Crippen LogP contribution in [0, 0.1) is 11.8 Å². The Morgan fingerprint density at radius 2 is 1.91 bits per heavy atom. The lowest BCUT2D eigenvalue weighted by Crippen LogP contribution is -2.39. The van der Waals surface area contributed by atoms with E-state index >= 15 is 0 Å². The van der Waals surface area contributed by atoms with Gasteiger partial charge in [-0.2, -0.15) is 4.80 Å². The number of halogens is 1. The summed E-state index contributed by atoms with van der Waals surface area (Å²) in [6.07, 6.45) is 11.0. The molecule has 0 spiro atoms. The van der Waals surface area contributed by atoms with Crippen LogP contribution in [-0.4, -0.2) is 44.3 Å². The number of hydrogen-bond donors (Lipinski definition) is 1. The van der Waals surface area contributed by atoms with E-state index in [0.717, 1.165) is 40.8 Å². The van der Waals surface area contributed by atoms with Crippen LogP contribution in [0.3, 0.4) is 0 Å². The SMILES string of the molecule is Cn1nnc(-c2ccc(N3CCC[C@H](C[C@@H]4CCCC[C@H]4Nc4cc(Br)ccn4)C3)cc2)n1. The van der Waals surface area contributed by atoms with Gasteiger partial charge in [0.25, 0.3) is 0 Å². The summed E-state index contributed by atoms with van der Waals surface area (Å²) < 4.78 is 1.08. The summed E-state index contributed by atoms with van der Waals surface area (Å²) in [4.78, 5) is 8.59. The number of benzene rings is 1. The van der Waals surface area contributed by atoms with Crippen LogP contribution >= 0.6 is 15.9 Å². The van der Waals surface area contributed by atoms with Gasteiger partial charge in [0.2, 0.25) is 5.82 Å². The van der Waals surface area contributed by atoms with Crippen LogP contribution in [-0.2, 0) is 7.05 Å². The van der Waals surface area contributed by atoms with E-state index in [1.807, 2.05) is 12.3 Å². The highest BCUT2D eigenvalue weighted by Crippen LogP contribution is 2.35. The van der Waals surface area contributed by atoms with Crippen molar-refractivity contribution in [3.05, 3.63) is 47.1 Å². The van der Waals surface area contributed by atoms with Crippen LogP contribution in [0.5, 0.6) is 0 Å². The first-order valence-electron chi connectivity index (χ1n) is 12.1. The molecule has 0 amide bonds. The zero-order valence-corrected chi connectivity index (χ0v) is 20.8. The monoisotopic (exact) mass is 509 g/mol. The van der Waals surface area contributed by atoms with Crippen LogP contribution in [0.15, 0.2) is 47.1 Å². The van der Waals surface area contributed by atoms with Crippen LogP contribution in [0.25, 0.3) is 11.4 Å². The van der Waals surface area contributed by atoms with Gasteiger partial charge in [0, 0.05) is 41.1 Å². The van der Waals surface area contributed by atoms with Crippen molar-refractivity contribution < 1.29 is 0 Å². The van der Waals surface area contributed by atoms with Crippen LogP contribution in [0.1, 0.15) is 44.9 Å². The van der Waals surface area contributed by atoms with Crippen molar-refractivity contribution in [1.82, 2.24) is 25.2 Å². The van der Waals surface area contributed by atoms with Gasteiger partial charge < -0.3 is 10.2 Å². The number of rotatable bonds is 6. The third-order valence-electron chi connectivity index (χ3n) is 7.12. The molecule has 3 heterocycles. The Morgan fingerprint density at radius 1 is 1.06 bits per heavy atom. The minimum absolute atomic E-state index is 0.523. The Balaban J connectivity index is 1.21. The smallest absolute Gasteiger partial charge is 0.204 e. The Kier molecular flexibility index (Phi) is 6.90. The van der Waals surface area contributed by atoms with E-state index < -0.39 is 0 Å². The maximum absolute atomic E-state index is 4.53. The second kappa shape index (κ2) is 10.2. The van der Waals surface area contributed by atoms with Gasteiger partial charge in [-0.15, -0.1) is 10.2 Å². The molecule has 174 valence electrons. The number of tetrazole rings is 1. The number of aryl methyl sites for hydroxylation is 1. The largest absolute Gasteiger partial charge is 0.371 e. The molecule has 0 unspecified atom stereocenters. The summed E-state index contributed by atoms with van der Waals surface area (Å²) in [6.45, 7) is 2.27. The third-order valence-corrected chi connectivity index (χ3v) is 7.61. The zero-order chi connectivity index (χ0) is 22.6. The minimum Gasteiger partial charge on any atom is -0.371 e. The molecule has 0 radical (unpaired) electrons. The molecule has 1 N–H and O–H groups in total. The van der Waals surface area contributed by atoms with Crippen LogP contribution in [0.2, 0.25) is 0 Å². The zero-order valence-electron chi connectivity index (χ0n) is 19.2. The van der Waals surface area contributed by atoms with Crippen LogP contribution < -0.4 is 10.2 Å². The molecular formula is C25H32BrN7. The van der Waals surface area contributed by atoms with Crippen molar-refractivity contribution in [2.75, 3.05) is 23.3 Å². The Hall–Kier alpha value is -2.48. The number of aromatic nitrogens is 5. The molecule has 1 aliphatic heterocycles. The fraction of sp³-hybridized carbons (Fsp3) is 0.520. The molecule has 8 heteroatoms. The maximum atomic E-state index is 4.53. The molecule has 1 aliphatic carbocycles. The summed E-state index contributed by atoms with van der Waals surface area (Å²) in [5, 5.41) is 16.1. The number of piperidine rings is 1. The number of pyridine rings is 1. The summed E-state index contributed by atoms with van der Waals surface area (Å²) in [5.74, 6) is 3.12. The number of nitrogens with zero attached hydrogens (tertiary/aromatic N) is 6. The second-order valence-corrected chi connectivity index (χ2v) is 10.4. The Morgan fingerprint density at radius 3 is 2.70 bits per heavy atom. The molecule has 33 heavy (non-hydrogen) atoms. The lowest BCUT2D eigenvalue weighted by molar-refractivity contribution is 0.247. The summed E-state index contributed by atoms with van der Waals surface area (Å²) >= 11 is 3.57. The number of hydrogen-bond acceptors (Lipinski definition) is 6. The lowest BCUT2D eigenvalue weighted by Gasteiger charge is -2.39. The molecule has 2 aliphatic rings. The van der Waals surface area contributed by atoms with E-state index in [1.165, 1.54) is 55.4 Å². The predicted octanol–water partition coefficient (Wildman–Crippen LogP) is 5.31. The van der Waals surface area contributed by atoms with Crippen molar-refractivity contribution in [2.45, 2.75) is 51.0 Å². The molecule has 7 nitrogen and oxygen atoms in total. The highest BCUT2D eigenvalue weighted by atomic mass is 79.9. The molecule has 0 bridgehead atoms. The fourth-order valence-corrected chi connectivity index (χ4v) is 5.83. The van der Waals surface area contributed by atoms with Crippen LogP contribution in [0.4, 0.5) is 11.5 Å². The third kappa shape index (κ3) is 5.54.